The summed E-state index contributed by atoms with van der Waals surface area (Å²) in [6.45, 7) is 9.06. The van der Waals surface area contributed by atoms with Crippen molar-refractivity contribution in [1.29, 1.82) is 0 Å². The molecular formula is C11H24N2O5S. The van der Waals surface area contributed by atoms with E-state index in [1.807, 2.05) is 20.8 Å². The van der Waals surface area contributed by atoms with Crippen LogP contribution < -0.4 is 5.32 Å². The first-order valence-electron chi connectivity index (χ1n) is 6.06. The quantitative estimate of drug-likeness (QED) is 0.571. The van der Waals surface area contributed by atoms with Gasteiger partial charge in [0.05, 0.1) is 33.3 Å². The van der Waals surface area contributed by atoms with Gasteiger partial charge in [-0.1, -0.05) is 0 Å². The van der Waals surface area contributed by atoms with E-state index in [0.717, 1.165) is 0 Å². The van der Waals surface area contributed by atoms with Crippen molar-refractivity contribution in [3.63, 3.8) is 0 Å². The second-order valence-electron chi connectivity index (χ2n) is 3.77. The summed E-state index contributed by atoms with van der Waals surface area (Å²) in [5, 5.41) is 2.22. The highest BCUT2D eigenvalue weighted by molar-refractivity contribution is 7.73. The Hall–Kier alpha value is -0.990. The molecule has 0 aromatic carbocycles. The van der Waals surface area contributed by atoms with Gasteiger partial charge in [0.15, 0.2) is 0 Å². The van der Waals surface area contributed by atoms with Gasteiger partial charge in [0.2, 0.25) is 0 Å². The lowest BCUT2D eigenvalue weighted by molar-refractivity contribution is -0.800. The molecule has 114 valence electrons. The van der Waals surface area contributed by atoms with Gasteiger partial charge in [-0.15, -0.1) is 0 Å². The smallest absolute Gasteiger partial charge is 0.407 e. The fraction of sp³-hybridized carbons (Fsp3) is 0.818. The second-order valence-corrected chi connectivity index (χ2v) is 4.98. The third-order valence-corrected chi connectivity index (χ3v) is 4.12. The van der Waals surface area contributed by atoms with Crippen molar-refractivity contribution in [3.05, 3.63) is 0 Å². The van der Waals surface area contributed by atoms with Crippen LogP contribution in [0, 0.1) is 0 Å². The summed E-state index contributed by atoms with van der Waals surface area (Å²) >= 11 is -1.97. The molecule has 7 nitrogen and oxygen atoms in total. The Balaban J connectivity index is 0. The number of carbonyl (C=O) groups is 2. The van der Waals surface area contributed by atoms with E-state index in [1.54, 1.807) is 0 Å². The molecule has 0 bridgehead atoms. The highest BCUT2D eigenvalue weighted by atomic mass is 32.2. The van der Waals surface area contributed by atoms with Crippen LogP contribution in [0.25, 0.3) is 0 Å². The average molecular weight is 296 g/mol. The molecule has 0 aliphatic heterocycles. The van der Waals surface area contributed by atoms with Crippen LogP contribution >= 0.6 is 0 Å². The number of carbonyl (C=O) groups excluding carboxylic acids is 2. The maximum Gasteiger partial charge on any atom is 0.407 e. The number of ether oxygens (including phenoxy) is 1. The van der Waals surface area contributed by atoms with Crippen molar-refractivity contribution in [2.24, 2.45) is 0 Å². The Morgan fingerprint density at radius 2 is 1.63 bits per heavy atom. The zero-order chi connectivity index (χ0) is 15.5. The largest absolute Gasteiger partial charge is 0.724 e. The Morgan fingerprint density at radius 3 is 1.79 bits per heavy atom. The molecule has 19 heavy (non-hydrogen) atoms. The zero-order valence-electron chi connectivity index (χ0n) is 12.2. The minimum absolute atomic E-state index is 0.0344. The first-order valence-corrected chi connectivity index (χ1v) is 7.10. The number of nitrogens with one attached hydrogen (secondary N) is 1. The third-order valence-electron chi connectivity index (χ3n) is 2.71. The average Bonchev–Trinajstić information content (AvgIpc) is 2.39. The molecule has 1 atom stereocenters. The molecule has 0 aliphatic rings. The van der Waals surface area contributed by atoms with Crippen LogP contribution in [0.15, 0.2) is 0 Å². The van der Waals surface area contributed by atoms with Crippen LogP contribution in [0.4, 0.5) is 4.79 Å². The number of nitrogens with zero attached hydrogens (tertiary/aromatic N) is 1. The predicted molar refractivity (Wildman–Crippen MR) is 71.9 cm³/mol. The molecule has 0 aliphatic carbocycles. The summed E-state index contributed by atoms with van der Waals surface area (Å²) in [6.07, 6.45) is -0.579. The monoisotopic (exact) mass is 296 g/mol. The fourth-order valence-electron chi connectivity index (χ4n) is 1.26. The Bertz CT molecular complexity index is 297. The van der Waals surface area contributed by atoms with Crippen LogP contribution in [-0.2, 0) is 20.8 Å². The molecular weight excluding hydrogens is 272 g/mol. The van der Waals surface area contributed by atoms with E-state index in [9.17, 15) is 18.4 Å². The predicted octanol–water partition coefficient (Wildman–Crippen LogP) is 0.588. The number of ketones is 1. The standard InChI is InChI=1S/C6H15NO2S.C5H9NO3/c1-4-7(5-2,6-3)10(8)9;1-4(7)3-6-5(8)9-2/h4-6H2,1-3H3;3H2,1-2H3,(H,6,8). The van der Waals surface area contributed by atoms with Gasteiger partial charge in [0.1, 0.15) is 17.0 Å². The Kier molecular flexibility index (Phi) is 11.7. The number of hydrogen-bond acceptors (Lipinski definition) is 5. The molecule has 0 radical (unpaired) electrons. The van der Waals surface area contributed by atoms with Gasteiger partial charge in [-0.3, -0.25) is 4.79 Å². The van der Waals surface area contributed by atoms with E-state index >= 15 is 0 Å². The molecule has 8 heteroatoms. The van der Waals surface area contributed by atoms with Gasteiger partial charge < -0.3 is 14.6 Å². The van der Waals surface area contributed by atoms with Gasteiger partial charge in [0, 0.05) is 0 Å². The Morgan fingerprint density at radius 1 is 1.21 bits per heavy atom. The number of methoxy groups -OCH3 is 1. The highest BCUT2D eigenvalue weighted by Crippen LogP contribution is 2.07. The summed E-state index contributed by atoms with van der Waals surface area (Å²) in [4.78, 5) is 20.4. The van der Waals surface area contributed by atoms with Gasteiger partial charge in [-0.2, -0.15) is 0 Å². The summed E-state index contributed by atoms with van der Waals surface area (Å²) < 4.78 is 25.8. The molecule has 1 amide bonds. The van der Waals surface area contributed by atoms with Gasteiger partial charge in [0.25, 0.3) is 0 Å². The van der Waals surface area contributed by atoms with Crippen LogP contribution in [0.5, 0.6) is 0 Å². The first-order chi connectivity index (χ1) is 8.79. The Labute approximate surface area is 117 Å². The van der Waals surface area contributed by atoms with Crippen molar-refractivity contribution in [3.8, 4) is 0 Å². The second kappa shape index (κ2) is 10.9. The molecule has 0 saturated heterocycles. The summed E-state index contributed by atoms with van der Waals surface area (Å²) in [5.74, 6) is -0.0969. The van der Waals surface area contributed by atoms with Crippen LogP contribution in [-0.4, -0.2) is 57.8 Å². The molecule has 0 aromatic rings. The molecule has 0 rings (SSSR count). The maximum absolute atomic E-state index is 10.7. The minimum Gasteiger partial charge on any atom is -0.724 e. The normalized spacial score (nSPS) is 11.9. The zero-order valence-corrected chi connectivity index (χ0v) is 13.0. The van der Waals surface area contributed by atoms with E-state index in [0.29, 0.717) is 19.6 Å². The van der Waals surface area contributed by atoms with Crippen molar-refractivity contribution >= 4 is 23.1 Å². The summed E-state index contributed by atoms with van der Waals surface area (Å²) in [7, 11) is 1.25. The van der Waals surface area contributed by atoms with Crippen LogP contribution in [0.1, 0.15) is 27.7 Å². The molecule has 1 unspecified atom stereocenters. The number of rotatable bonds is 6. The number of quaternary nitrogens is 1. The highest BCUT2D eigenvalue weighted by Gasteiger charge is 2.21. The summed E-state index contributed by atoms with van der Waals surface area (Å²) in [6, 6.07) is 0. The maximum atomic E-state index is 10.7. The molecule has 1 N–H and O–H groups in total. The van der Waals surface area contributed by atoms with Crippen molar-refractivity contribution in [2.45, 2.75) is 27.7 Å². The lowest BCUT2D eigenvalue weighted by Crippen LogP contribution is -2.48. The van der Waals surface area contributed by atoms with Crippen LogP contribution in [0.2, 0.25) is 0 Å². The van der Waals surface area contributed by atoms with E-state index in [4.69, 9.17) is 0 Å². The molecule has 0 heterocycles. The minimum atomic E-state index is -1.97. The van der Waals surface area contributed by atoms with E-state index < -0.39 is 17.4 Å². The molecule has 0 aromatic heterocycles. The number of alkyl carbamates (subject to hydrolysis) is 1. The van der Waals surface area contributed by atoms with E-state index in [1.165, 1.54) is 14.0 Å². The lowest BCUT2D eigenvalue weighted by Gasteiger charge is -2.35. The SMILES string of the molecule is CC[N+](CC)(CC)S(=O)[O-].COC(=O)NCC(C)=O. The van der Waals surface area contributed by atoms with Gasteiger partial charge in [-0.25, -0.2) is 12.9 Å². The van der Waals surface area contributed by atoms with E-state index in [-0.39, 0.29) is 16.2 Å². The first kappa shape index (κ1) is 20.3. The molecule has 0 fully saturated rings. The van der Waals surface area contributed by atoms with Gasteiger partial charge >= 0.3 is 6.09 Å². The third kappa shape index (κ3) is 8.68. The summed E-state index contributed by atoms with van der Waals surface area (Å²) in [5.41, 5.74) is 0. The fourth-order valence-corrected chi connectivity index (χ4v) is 1.89. The molecule has 0 spiro atoms. The molecule has 0 saturated carbocycles. The number of amides is 1. The number of hydrogen-bond donors (Lipinski definition) is 1. The topological polar surface area (TPSA) is 95.5 Å². The van der Waals surface area contributed by atoms with Crippen molar-refractivity contribution in [2.75, 3.05) is 33.3 Å². The van der Waals surface area contributed by atoms with Gasteiger partial charge in [-0.05, 0) is 27.7 Å². The van der Waals surface area contributed by atoms with Crippen LogP contribution in [0.3, 0.4) is 0 Å². The van der Waals surface area contributed by atoms with Crippen molar-refractivity contribution in [1.82, 2.24) is 5.32 Å². The lowest BCUT2D eigenvalue weighted by atomic mass is 10.4. The van der Waals surface area contributed by atoms with E-state index in [2.05, 4.69) is 10.1 Å². The number of Topliss-reactive ketones (excluding diaryl/α,β-unsaturated/α-hetero) is 1. The van der Waals surface area contributed by atoms with Crippen molar-refractivity contribution < 1.29 is 27.0 Å².